The van der Waals surface area contributed by atoms with Crippen LogP contribution in [0.4, 0.5) is 8.78 Å². The lowest BCUT2D eigenvalue weighted by Gasteiger charge is -2.22. The molecule has 0 spiro atoms. The third-order valence-corrected chi connectivity index (χ3v) is 3.98. The van der Waals surface area contributed by atoms with Gasteiger partial charge in [-0.15, -0.1) is 24.0 Å². The van der Waals surface area contributed by atoms with Gasteiger partial charge in [0.2, 0.25) is 0 Å². The Balaban J connectivity index is 0.00000312. The fourth-order valence-electron chi connectivity index (χ4n) is 2.32. The van der Waals surface area contributed by atoms with Gasteiger partial charge in [0, 0.05) is 39.4 Å². The number of aliphatic imine (C=N–C) groups is 1. The van der Waals surface area contributed by atoms with Crippen molar-refractivity contribution in [1.29, 1.82) is 0 Å². The van der Waals surface area contributed by atoms with Crippen LogP contribution in [0.5, 0.6) is 0 Å². The SMILES string of the molecule is CCNC(=NCCc1ccc(F)cc1F)N(C)CCOCC1CC1.I. The Morgan fingerprint density at radius 2 is 2.12 bits per heavy atom. The molecule has 2 rings (SSSR count). The minimum atomic E-state index is -0.556. The number of hydrogen-bond acceptors (Lipinski definition) is 2. The number of benzene rings is 1. The summed E-state index contributed by atoms with van der Waals surface area (Å²) in [6, 6.07) is 3.66. The van der Waals surface area contributed by atoms with Gasteiger partial charge in [-0.3, -0.25) is 4.99 Å². The van der Waals surface area contributed by atoms with Crippen molar-refractivity contribution in [3.63, 3.8) is 0 Å². The third-order valence-electron chi connectivity index (χ3n) is 3.98. The summed E-state index contributed by atoms with van der Waals surface area (Å²) in [5.41, 5.74) is 0.478. The van der Waals surface area contributed by atoms with Crippen molar-refractivity contribution in [3.05, 3.63) is 35.4 Å². The second kappa shape index (κ2) is 11.6. The van der Waals surface area contributed by atoms with E-state index < -0.39 is 11.6 Å². The number of nitrogens with zero attached hydrogens (tertiary/aromatic N) is 2. The van der Waals surface area contributed by atoms with E-state index in [0.29, 0.717) is 25.1 Å². The maximum absolute atomic E-state index is 13.6. The summed E-state index contributed by atoms with van der Waals surface area (Å²) in [6.07, 6.45) is 3.02. The van der Waals surface area contributed by atoms with E-state index in [9.17, 15) is 8.78 Å². The standard InChI is InChI=1S/C18H27F2N3O.HI/c1-3-21-18(23(2)10-11-24-13-14-4-5-14)22-9-8-15-6-7-16(19)12-17(15)20;/h6-7,12,14H,3-5,8-11,13H2,1-2H3,(H,21,22);1H. The fourth-order valence-corrected chi connectivity index (χ4v) is 2.32. The van der Waals surface area contributed by atoms with Crippen LogP contribution in [-0.2, 0) is 11.2 Å². The number of guanidine groups is 1. The Morgan fingerprint density at radius 3 is 2.76 bits per heavy atom. The zero-order chi connectivity index (χ0) is 17.4. The Bertz CT molecular complexity index is 553. The van der Waals surface area contributed by atoms with E-state index in [1.54, 1.807) is 0 Å². The molecule has 1 aliphatic carbocycles. The molecule has 1 aromatic rings. The number of halogens is 3. The molecule has 0 amide bonds. The van der Waals surface area contributed by atoms with Gasteiger partial charge in [0.1, 0.15) is 11.6 Å². The average molecular weight is 467 g/mol. The van der Waals surface area contributed by atoms with Crippen LogP contribution in [-0.4, -0.2) is 50.8 Å². The molecular weight excluding hydrogens is 439 g/mol. The van der Waals surface area contributed by atoms with Crippen LogP contribution in [0.3, 0.4) is 0 Å². The smallest absolute Gasteiger partial charge is 0.193 e. The predicted molar refractivity (Wildman–Crippen MR) is 108 cm³/mol. The minimum Gasteiger partial charge on any atom is -0.379 e. The summed E-state index contributed by atoms with van der Waals surface area (Å²) in [4.78, 5) is 6.53. The van der Waals surface area contributed by atoms with Crippen LogP contribution in [0.2, 0.25) is 0 Å². The van der Waals surface area contributed by atoms with Gasteiger partial charge < -0.3 is 15.0 Å². The van der Waals surface area contributed by atoms with Crippen molar-refractivity contribution in [2.24, 2.45) is 10.9 Å². The van der Waals surface area contributed by atoms with Crippen molar-refractivity contribution in [2.45, 2.75) is 26.2 Å². The van der Waals surface area contributed by atoms with Gasteiger partial charge in [-0.05, 0) is 43.7 Å². The molecule has 0 unspecified atom stereocenters. The molecule has 0 radical (unpaired) electrons. The molecule has 0 aromatic heterocycles. The minimum absolute atomic E-state index is 0. The van der Waals surface area contributed by atoms with E-state index in [2.05, 4.69) is 10.3 Å². The molecule has 1 N–H and O–H groups in total. The highest BCUT2D eigenvalue weighted by atomic mass is 127. The molecule has 0 heterocycles. The van der Waals surface area contributed by atoms with Gasteiger partial charge in [0.25, 0.3) is 0 Å². The Morgan fingerprint density at radius 1 is 1.36 bits per heavy atom. The van der Waals surface area contributed by atoms with Crippen molar-refractivity contribution < 1.29 is 13.5 Å². The van der Waals surface area contributed by atoms with Crippen LogP contribution in [0.25, 0.3) is 0 Å². The summed E-state index contributed by atoms with van der Waals surface area (Å²) in [6.45, 7) is 5.49. The first-order chi connectivity index (χ1) is 11.6. The largest absolute Gasteiger partial charge is 0.379 e. The number of ether oxygens (including phenoxy) is 1. The number of nitrogens with one attached hydrogen (secondary N) is 1. The molecule has 4 nitrogen and oxygen atoms in total. The molecule has 0 saturated heterocycles. The van der Waals surface area contributed by atoms with Crippen molar-refractivity contribution in [1.82, 2.24) is 10.2 Å². The van der Waals surface area contributed by atoms with Gasteiger partial charge in [0.15, 0.2) is 5.96 Å². The highest BCUT2D eigenvalue weighted by Crippen LogP contribution is 2.28. The first kappa shape index (κ1) is 22.1. The fraction of sp³-hybridized carbons (Fsp3) is 0.611. The van der Waals surface area contributed by atoms with E-state index >= 15 is 0 Å². The normalized spacial score (nSPS) is 14.2. The van der Waals surface area contributed by atoms with Gasteiger partial charge in [0.05, 0.1) is 6.61 Å². The summed E-state index contributed by atoms with van der Waals surface area (Å²) in [5.74, 6) is 0.467. The number of likely N-dealkylation sites (N-methyl/N-ethyl adjacent to an activating group) is 1. The monoisotopic (exact) mass is 467 g/mol. The molecule has 1 aliphatic rings. The summed E-state index contributed by atoms with van der Waals surface area (Å²) >= 11 is 0. The van der Waals surface area contributed by atoms with Crippen LogP contribution in [0, 0.1) is 17.6 Å². The zero-order valence-corrected chi connectivity index (χ0v) is 17.3. The summed E-state index contributed by atoms with van der Waals surface area (Å²) < 4.78 is 32.2. The molecule has 1 fully saturated rings. The third kappa shape index (κ3) is 8.31. The van der Waals surface area contributed by atoms with E-state index in [-0.39, 0.29) is 24.0 Å². The molecule has 25 heavy (non-hydrogen) atoms. The predicted octanol–water partition coefficient (Wildman–Crippen LogP) is 3.45. The topological polar surface area (TPSA) is 36.9 Å². The van der Waals surface area contributed by atoms with Crippen molar-refractivity contribution >= 4 is 29.9 Å². The van der Waals surface area contributed by atoms with Crippen LogP contribution in [0.15, 0.2) is 23.2 Å². The summed E-state index contributed by atoms with van der Waals surface area (Å²) in [7, 11) is 1.96. The van der Waals surface area contributed by atoms with Crippen LogP contribution < -0.4 is 5.32 Å². The lowest BCUT2D eigenvalue weighted by atomic mass is 10.1. The van der Waals surface area contributed by atoms with Gasteiger partial charge in [-0.25, -0.2) is 8.78 Å². The molecule has 0 aliphatic heterocycles. The first-order valence-corrected chi connectivity index (χ1v) is 8.61. The molecule has 0 bridgehead atoms. The lowest BCUT2D eigenvalue weighted by molar-refractivity contribution is 0.115. The van der Waals surface area contributed by atoms with E-state index in [4.69, 9.17) is 4.74 Å². The quantitative estimate of drug-likeness (QED) is 0.262. The Kier molecular flexibility index (Phi) is 10.3. The highest BCUT2D eigenvalue weighted by Gasteiger charge is 2.21. The van der Waals surface area contributed by atoms with Gasteiger partial charge >= 0.3 is 0 Å². The molecule has 1 saturated carbocycles. The molecule has 7 heteroatoms. The highest BCUT2D eigenvalue weighted by molar-refractivity contribution is 14.0. The summed E-state index contributed by atoms with van der Waals surface area (Å²) in [5, 5.41) is 3.22. The van der Waals surface area contributed by atoms with Crippen molar-refractivity contribution in [2.75, 3.05) is 39.9 Å². The van der Waals surface area contributed by atoms with Gasteiger partial charge in [-0.1, -0.05) is 6.07 Å². The first-order valence-electron chi connectivity index (χ1n) is 8.61. The van der Waals surface area contributed by atoms with E-state index in [1.807, 2.05) is 18.9 Å². The average Bonchev–Trinajstić information content (AvgIpc) is 3.37. The second-order valence-electron chi connectivity index (χ2n) is 6.16. The van der Waals surface area contributed by atoms with Crippen molar-refractivity contribution in [3.8, 4) is 0 Å². The van der Waals surface area contributed by atoms with E-state index in [1.165, 1.54) is 25.0 Å². The van der Waals surface area contributed by atoms with Crippen LogP contribution in [0.1, 0.15) is 25.3 Å². The number of rotatable bonds is 9. The maximum Gasteiger partial charge on any atom is 0.193 e. The zero-order valence-electron chi connectivity index (χ0n) is 14.9. The Labute approximate surface area is 166 Å². The Hall–Kier alpha value is -0.960. The lowest BCUT2D eigenvalue weighted by Crippen LogP contribution is -2.40. The second-order valence-corrected chi connectivity index (χ2v) is 6.16. The van der Waals surface area contributed by atoms with Crippen LogP contribution >= 0.6 is 24.0 Å². The molecule has 1 aromatic carbocycles. The number of hydrogen-bond donors (Lipinski definition) is 1. The molecule has 142 valence electrons. The maximum atomic E-state index is 13.6. The van der Waals surface area contributed by atoms with E-state index in [0.717, 1.165) is 37.6 Å². The molecular formula is C18H28F2IN3O. The molecule has 0 atom stereocenters. The van der Waals surface area contributed by atoms with Gasteiger partial charge in [-0.2, -0.15) is 0 Å².